The van der Waals surface area contributed by atoms with Gasteiger partial charge in [0.05, 0.1) is 12.7 Å². The minimum absolute atomic E-state index is 0.164. The molecular formula is C23H29N5O2. The molecule has 1 saturated carbocycles. The van der Waals surface area contributed by atoms with E-state index in [2.05, 4.69) is 27.9 Å². The van der Waals surface area contributed by atoms with Crippen molar-refractivity contribution in [2.24, 2.45) is 0 Å². The molecule has 0 unspecified atom stereocenters. The van der Waals surface area contributed by atoms with Gasteiger partial charge in [0.2, 0.25) is 5.62 Å². The lowest BCUT2D eigenvalue weighted by molar-refractivity contribution is 0.0785. The summed E-state index contributed by atoms with van der Waals surface area (Å²) in [5.41, 5.74) is 5.61. The number of hydrogen-bond acceptors (Lipinski definition) is 6. The first-order valence-electron chi connectivity index (χ1n) is 10.3. The highest BCUT2D eigenvalue weighted by atomic mass is 16.5. The Morgan fingerprint density at radius 2 is 1.90 bits per heavy atom. The van der Waals surface area contributed by atoms with E-state index in [1.54, 1.807) is 11.8 Å². The van der Waals surface area contributed by atoms with E-state index in [4.69, 9.17) is 10.1 Å². The first-order chi connectivity index (χ1) is 14.4. The molecular weight excluding hydrogens is 378 g/mol. The summed E-state index contributed by atoms with van der Waals surface area (Å²) in [6.45, 7) is 4.25. The number of nitrogens with zero attached hydrogens (tertiary/aromatic N) is 2. The molecule has 158 valence electrons. The Kier molecular flexibility index (Phi) is 5.39. The summed E-state index contributed by atoms with van der Waals surface area (Å²) in [6.07, 6.45) is 4.04. The number of aromatic nitrogens is 2. The fraction of sp³-hybridized carbons (Fsp3) is 0.391. The van der Waals surface area contributed by atoms with Gasteiger partial charge in [-0.3, -0.25) is 5.41 Å². The van der Waals surface area contributed by atoms with E-state index in [9.17, 15) is 5.11 Å². The van der Waals surface area contributed by atoms with Crippen molar-refractivity contribution < 1.29 is 9.84 Å². The highest BCUT2D eigenvalue weighted by Crippen LogP contribution is 2.36. The van der Waals surface area contributed by atoms with Gasteiger partial charge in [-0.05, 0) is 55.9 Å². The largest absolute Gasteiger partial charge is 0.494 e. The van der Waals surface area contributed by atoms with E-state index in [1.807, 2.05) is 44.2 Å². The first kappa shape index (κ1) is 20.2. The fourth-order valence-corrected chi connectivity index (χ4v) is 3.81. The molecule has 0 atom stereocenters. The Morgan fingerprint density at radius 1 is 1.17 bits per heavy atom. The molecule has 4 N–H and O–H groups in total. The zero-order valence-electron chi connectivity index (χ0n) is 17.7. The average Bonchev–Trinajstić information content (AvgIpc) is 3.18. The van der Waals surface area contributed by atoms with Crippen molar-refractivity contribution in [2.75, 3.05) is 24.5 Å². The molecule has 1 aliphatic carbocycles. The van der Waals surface area contributed by atoms with Gasteiger partial charge in [-0.25, -0.2) is 9.66 Å². The third-order valence-electron chi connectivity index (χ3n) is 5.81. The number of para-hydroxylation sites is 1. The number of methoxy groups -OCH3 is 1. The maximum absolute atomic E-state index is 9.79. The summed E-state index contributed by atoms with van der Waals surface area (Å²) in [6, 6.07) is 14.1. The van der Waals surface area contributed by atoms with Crippen LogP contribution in [0.4, 0.5) is 5.82 Å². The van der Waals surface area contributed by atoms with Crippen molar-refractivity contribution in [1.82, 2.24) is 9.66 Å². The lowest BCUT2D eigenvalue weighted by Gasteiger charge is -2.26. The summed E-state index contributed by atoms with van der Waals surface area (Å²) < 4.78 is 6.87. The maximum atomic E-state index is 9.79. The van der Waals surface area contributed by atoms with Crippen molar-refractivity contribution in [2.45, 2.75) is 44.6 Å². The van der Waals surface area contributed by atoms with Crippen LogP contribution < -0.4 is 21.1 Å². The average molecular weight is 408 g/mol. The van der Waals surface area contributed by atoms with Gasteiger partial charge in [-0.2, -0.15) is 0 Å². The van der Waals surface area contributed by atoms with Crippen LogP contribution in [-0.4, -0.2) is 28.5 Å². The topological polar surface area (TPSA) is 95.2 Å². The molecule has 1 aliphatic heterocycles. The van der Waals surface area contributed by atoms with Crippen LogP contribution in [0.15, 0.2) is 42.5 Å². The molecule has 3 aromatic rings. The van der Waals surface area contributed by atoms with Crippen LogP contribution in [0.5, 0.6) is 5.75 Å². The zero-order valence-corrected chi connectivity index (χ0v) is 17.7. The highest BCUT2D eigenvalue weighted by molar-refractivity contribution is 5.93. The minimum Gasteiger partial charge on any atom is -0.494 e. The minimum atomic E-state index is -0.710. The van der Waals surface area contributed by atoms with Crippen molar-refractivity contribution >= 4 is 16.7 Å². The van der Waals surface area contributed by atoms with Crippen LogP contribution in [0.3, 0.4) is 0 Å². The molecule has 7 nitrogen and oxygen atoms in total. The molecule has 5 rings (SSSR count). The van der Waals surface area contributed by atoms with E-state index < -0.39 is 5.60 Å². The van der Waals surface area contributed by atoms with E-state index in [1.165, 1.54) is 24.8 Å². The van der Waals surface area contributed by atoms with E-state index in [0.717, 1.165) is 22.7 Å². The number of rotatable bonds is 3. The van der Waals surface area contributed by atoms with Gasteiger partial charge in [-0.15, -0.1) is 0 Å². The third-order valence-corrected chi connectivity index (χ3v) is 5.81. The van der Waals surface area contributed by atoms with Crippen molar-refractivity contribution in [3.8, 4) is 5.75 Å². The van der Waals surface area contributed by atoms with Crippen LogP contribution in [0.2, 0.25) is 0 Å². The summed E-state index contributed by atoms with van der Waals surface area (Å²) in [5.74, 6) is 2.32. The molecule has 1 aromatic heterocycles. The van der Waals surface area contributed by atoms with Gasteiger partial charge in [-0.1, -0.05) is 36.8 Å². The lowest BCUT2D eigenvalue weighted by atomic mass is 9.79. The molecule has 0 bridgehead atoms. The Labute approximate surface area is 176 Å². The van der Waals surface area contributed by atoms with Gasteiger partial charge < -0.3 is 20.6 Å². The number of fused-ring (bicyclic) bond motifs is 3. The molecule has 2 heterocycles. The van der Waals surface area contributed by atoms with Crippen molar-refractivity contribution in [1.29, 1.82) is 5.41 Å². The standard InChI is InChI=1S/C13H18O.C10H11N5O/c1-13(2,14)12-8-6-11(7-9-12)10-4-3-5-10;1-16-7-4-2-3-6-8(7)14-10(11)15-9(6)12-5-13-15/h6-10,14H,3-5H2,1-2H3;2-4,11-13H,5H2,1H3. The molecule has 2 aliphatic rings. The van der Waals surface area contributed by atoms with Crippen LogP contribution in [0, 0.1) is 5.41 Å². The summed E-state index contributed by atoms with van der Waals surface area (Å²) in [5, 5.41) is 21.7. The molecule has 0 spiro atoms. The number of benzene rings is 2. The molecule has 30 heavy (non-hydrogen) atoms. The number of aliphatic hydroxyl groups is 1. The Hall–Kier alpha value is -3.06. The Bertz CT molecular complexity index is 1100. The summed E-state index contributed by atoms with van der Waals surface area (Å²) >= 11 is 0. The van der Waals surface area contributed by atoms with Crippen molar-refractivity contribution in [3.05, 3.63) is 59.2 Å². The fourth-order valence-electron chi connectivity index (χ4n) is 3.81. The third kappa shape index (κ3) is 3.85. The van der Waals surface area contributed by atoms with Crippen LogP contribution in [-0.2, 0) is 5.60 Å². The number of ether oxygens (including phenoxy) is 1. The van der Waals surface area contributed by atoms with E-state index >= 15 is 0 Å². The van der Waals surface area contributed by atoms with Gasteiger partial charge in [0.15, 0.2) is 0 Å². The van der Waals surface area contributed by atoms with E-state index in [-0.39, 0.29) is 5.62 Å². The SMILES string of the molecule is CC(C)(O)c1ccc(C2CCC2)cc1.COc1cccc2c3n(c(=N)nc12)NCN3. The molecule has 2 aromatic carbocycles. The zero-order chi connectivity index (χ0) is 21.3. The predicted molar refractivity (Wildman–Crippen MR) is 118 cm³/mol. The van der Waals surface area contributed by atoms with Crippen LogP contribution >= 0.6 is 0 Å². The molecule has 0 saturated heterocycles. The Morgan fingerprint density at radius 3 is 2.50 bits per heavy atom. The van der Waals surface area contributed by atoms with Crippen LogP contribution in [0.1, 0.15) is 50.2 Å². The predicted octanol–water partition coefficient (Wildman–Crippen LogP) is 3.63. The second-order valence-corrected chi connectivity index (χ2v) is 8.30. The number of nitrogens with one attached hydrogen (secondary N) is 3. The quantitative estimate of drug-likeness (QED) is 0.532. The normalized spacial score (nSPS) is 15.3. The summed E-state index contributed by atoms with van der Waals surface area (Å²) in [7, 11) is 1.60. The van der Waals surface area contributed by atoms with Gasteiger partial charge in [0, 0.05) is 5.39 Å². The van der Waals surface area contributed by atoms with Crippen LogP contribution in [0.25, 0.3) is 10.9 Å². The first-order valence-corrected chi connectivity index (χ1v) is 10.3. The summed E-state index contributed by atoms with van der Waals surface area (Å²) in [4.78, 5) is 4.22. The molecule has 0 radical (unpaired) electrons. The highest BCUT2D eigenvalue weighted by Gasteiger charge is 2.21. The second-order valence-electron chi connectivity index (χ2n) is 8.30. The maximum Gasteiger partial charge on any atom is 0.243 e. The second kappa shape index (κ2) is 7.99. The lowest BCUT2D eigenvalue weighted by Crippen LogP contribution is -2.26. The molecule has 7 heteroatoms. The number of anilines is 1. The van der Waals surface area contributed by atoms with Gasteiger partial charge in [0.25, 0.3) is 0 Å². The van der Waals surface area contributed by atoms with Gasteiger partial charge >= 0.3 is 0 Å². The Balaban J connectivity index is 0.000000147. The molecule has 1 fully saturated rings. The number of hydrogen-bond donors (Lipinski definition) is 4. The smallest absolute Gasteiger partial charge is 0.243 e. The van der Waals surface area contributed by atoms with Gasteiger partial charge in [0.1, 0.15) is 23.8 Å². The van der Waals surface area contributed by atoms with E-state index in [0.29, 0.717) is 17.9 Å². The monoisotopic (exact) mass is 407 g/mol. The molecule has 0 amide bonds. The van der Waals surface area contributed by atoms with Crippen molar-refractivity contribution in [3.63, 3.8) is 0 Å².